The monoisotopic (exact) mass is 630 g/mol. The van der Waals surface area contributed by atoms with Gasteiger partial charge in [-0.3, -0.25) is 19.8 Å². The van der Waals surface area contributed by atoms with E-state index >= 15 is 0 Å². The van der Waals surface area contributed by atoms with E-state index in [2.05, 4.69) is 10.2 Å². The number of H-pyrrole nitrogens is 2. The lowest BCUT2D eigenvalue weighted by molar-refractivity contribution is 0.0686. The van der Waals surface area contributed by atoms with Gasteiger partial charge < -0.3 is 14.9 Å². The maximum absolute atomic E-state index is 14.2. The van der Waals surface area contributed by atoms with E-state index in [1.165, 1.54) is 33.6 Å². The zero-order valence-electron chi connectivity index (χ0n) is 25.4. The van der Waals surface area contributed by atoms with Crippen molar-refractivity contribution in [3.8, 4) is 17.1 Å². The summed E-state index contributed by atoms with van der Waals surface area (Å²) >= 11 is 0. The Hall–Kier alpha value is -6.36. The fourth-order valence-electron chi connectivity index (χ4n) is 5.69. The number of carboxylic acid groups (broad SMARTS) is 2. The zero-order valence-corrected chi connectivity index (χ0v) is 25.4. The number of rotatable bonds is 10. The van der Waals surface area contributed by atoms with E-state index in [4.69, 9.17) is 4.74 Å². The molecule has 2 aromatic heterocycles. The molecule has 0 atom stereocenters. The summed E-state index contributed by atoms with van der Waals surface area (Å²) in [6, 6.07) is 28.8. The quantitative estimate of drug-likeness (QED) is 0.157. The molecule has 0 spiro atoms. The van der Waals surface area contributed by atoms with Crippen molar-refractivity contribution in [2.45, 2.75) is 26.4 Å². The van der Waals surface area contributed by atoms with Gasteiger partial charge in [-0.2, -0.15) is 0 Å². The Morgan fingerprint density at radius 3 is 1.64 bits per heavy atom. The number of carbonyl (C=O) groups is 2. The molecule has 2 heterocycles. The number of nitrogens with one attached hydrogen (secondary N) is 2. The van der Waals surface area contributed by atoms with Gasteiger partial charge in [0.05, 0.1) is 33.6 Å². The molecule has 0 aliphatic carbocycles. The van der Waals surface area contributed by atoms with E-state index in [1.807, 2.05) is 30.3 Å². The first-order chi connectivity index (χ1) is 22.6. The van der Waals surface area contributed by atoms with Crippen LogP contribution in [0.25, 0.3) is 11.4 Å². The molecule has 0 bridgehead atoms. The lowest BCUT2D eigenvalue weighted by Gasteiger charge is -2.16. The molecule has 4 aromatic carbocycles. The SMILES string of the molecule is Cc1[nH]n(-c2cccc(C(=O)O)c2)c(=O)c1C(c1ccc(OCc2ccccc2)cc1)c1c(C)[nH]n(-c2cccc(C(=O)O)c2)c1=O. The highest BCUT2D eigenvalue weighted by Gasteiger charge is 2.31. The Morgan fingerprint density at radius 2 is 1.17 bits per heavy atom. The summed E-state index contributed by atoms with van der Waals surface area (Å²) in [7, 11) is 0. The summed E-state index contributed by atoms with van der Waals surface area (Å²) in [6.45, 7) is 3.79. The zero-order chi connectivity index (χ0) is 33.2. The normalized spacial score (nSPS) is 11.1. The van der Waals surface area contributed by atoms with Gasteiger partial charge in [-0.05, 0) is 73.5 Å². The lowest BCUT2D eigenvalue weighted by atomic mass is 9.85. The fourth-order valence-corrected chi connectivity index (χ4v) is 5.69. The third-order valence-corrected chi connectivity index (χ3v) is 7.98. The van der Waals surface area contributed by atoms with Gasteiger partial charge in [-0.1, -0.05) is 54.6 Å². The van der Waals surface area contributed by atoms with Crippen LogP contribution < -0.4 is 15.9 Å². The first-order valence-corrected chi connectivity index (χ1v) is 14.7. The molecule has 0 radical (unpaired) electrons. The highest BCUT2D eigenvalue weighted by Crippen LogP contribution is 2.33. The predicted molar refractivity (Wildman–Crippen MR) is 174 cm³/mol. The van der Waals surface area contributed by atoms with E-state index in [0.29, 0.717) is 40.7 Å². The van der Waals surface area contributed by atoms with Crippen molar-refractivity contribution in [1.29, 1.82) is 0 Å². The molecule has 0 aliphatic rings. The van der Waals surface area contributed by atoms with E-state index < -0.39 is 29.0 Å². The highest BCUT2D eigenvalue weighted by atomic mass is 16.5. The van der Waals surface area contributed by atoms with Crippen molar-refractivity contribution in [3.05, 3.63) is 169 Å². The van der Waals surface area contributed by atoms with Crippen LogP contribution in [0.15, 0.2) is 113 Å². The molecule has 0 saturated heterocycles. The number of aromatic carboxylic acids is 2. The average Bonchev–Trinajstić information content (AvgIpc) is 3.54. The van der Waals surface area contributed by atoms with Gasteiger partial charge in [0.2, 0.25) is 0 Å². The van der Waals surface area contributed by atoms with Crippen molar-refractivity contribution in [2.24, 2.45) is 0 Å². The molecule has 0 fully saturated rings. The van der Waals surface area contributed by atoms with E-state index in [-0.39, 0.29) is 22.3 Å². The number of hydrogen-bond donors (Lipinski definition) is 4. The summed E-state index contributed by atoms with van der Waals surface area (Å²) in [6.07, 6.45) is 0. The van der Waals surface area contributed by atoms with Gasteiger partial charge in [0.1, 0.15) is 12.4 Å². The standard InChI is InChI=1S/C36H30N4O7/c1-21-30(33(41)39(37-21)27-12-6-10-25(18-27)35(43)44)32(24-14-16-29(17-15-24)47-20-23-8-4-3-5-9-23)31-22(2)38-40(34(31)42)28-13-7-11-26(19-28)36(45)46/h3-19,32,37-38H,20H2,1-2H3,(H,43,44)(H,45,46). The van der Waals surface area contributed by atoms with Crippen LogP contribution in [0, 0.1) is 13.8 Å². The Morgan fingerprint density at radius 1 is 0.681 bits per heavy atom. The molecule has 0 aliphatic heterocycles. The molecule has 6 rings (SSSR count). The maximum Gasteiger partial charge on any atom is 0.335 e. The third-order valence-electron chi connectivity index (χ3n) is 7.98. The Kier molecular flexibility index (Phi) is 8.19. The molecule has 47 heavy (non-hydrogen) atoms. The minimum atomic E-state index is -1.13. The van der Waals surface area contributed by atoms with Crippen molar-refractivity contribution in [2.75, 3.05) is 0 Å². The van der Waals surface area contributed by atoms with Gasteiger partial charge in [-0.25, -0.2) is 19.0 Å². The van der Waals surface area contributed by atoms with Crippen molar-refractivity contribution in [3.63, 3.8) is 0 Å². The van der Waals surface area contributed by atoms with Gasteiger partial charge in [0.25, 0.3) is 11.1 Å². The number of ether oxygens (including phenoxy) is 1. The molecule has 0 saturated carbocycles. The summed E-state index contributed by atoms with van der Waals surface area (Å²) in [5, 5.41) is 25.2. The smallest absolute Gasteiger partial charge is 0.335 e. The first kappa shape index (κ1) is 30.7. The molecule has 0 unspecified atom stereocenters. The molecule has 11 nitrogen and oxygen atoms in total. The van der Waals surface area contributed by atoms with Crippen molar-refractivity contribution in [1.82, 2.24) is 19.6 Å². The summed E-state index contributed by atoms with van der Waals surface area (Å²) in [5.41, 5.74) is 2.91. The van der Waals surface area contributed by atoms with Crippen molar-refractivity contribution >= 4 is 11.9 Å². The van der Waals surface area contributed by atoms with Crippen LogP contribution in [-0.2, 0) is 6.61 Å². The summed E-state index contributed by atoms with van der Waals surface area (Å²) in [4.78, 5) is 51.7. The second kappa shape index (κ2) is 12.6. The Balaban J connectivity index is 1.49. The molecular weight excluding hydrogens is 600 g/mol. The van der Waals surface area contributed by atoms with Crippen LogP contribution >= 0.6 is 0 Å². The van der Waals surface area contributed by atoms with Crippen LogP contribution in [-0.4, -0.2) is 41.7 Å². The van der Waals surface area contributed by atoms with Gasteiger partial charge in [-0.15, -0.1) is 0 Å². The number of nitrogens with zero attached hydrogens (tertiary/aromatic N) is 2. The van der Waals surface area contributed by atoms with Crippen LogP contribution in [0.1, 0.15) is 60.3 Å². The minimum Gasteiger partial charge on any atom is -0.489 e. The molecule has 4 N–H and O–H groups in total. The molecule has 11 heteroatoms. The van der Waals surface area contributed by atoms with Gasteiger partial charge in [0.15, 0.2) is 0 Å². The van der Waals surface area contributed by atoms with Gasteiger partial charge >= 0.3 is 11.9 Å². The van der Waals surface area contributed by atoms with E-state index in [9.17, 15) is 29.4 Å². The van der Waals surface area contributed by atoms with Gasteiger partial charge in [0, 0.05) is 17.3 Å². The Labute approximate surface area is 267 Å². The Bertz CT molecular complexity index is 2110. The first-order valence-electron chi connectivity index (χ1n) is 14.7. The molecule has 0 amide bonds. The number of benzene rings is 4. The van der Waals surface area contributed by atoms with Crippen LogP contribution in [0.2, 0.25) is 0 Å². The van der Waals surface area contributed by atoms with E-state index in [1.54, 1.807) is 62.4 Å². The third kappa shape index (κ3) is 6.01. The fraction of sp³-hybridized carbons (Fsp3) is 0.111. The second-order valence-electron chi connectivity index (χ2n) is 11.1. The number of carboxylic acids is 2. The highest BCUT2D eigenvalue weighted by molar-refractivity contribution is 5.88. The number of aromatic amines is 2. The largest absolute Gasteiger partial charge is 0.489 e. The molecule has 236 valence electrons. The van der Waals surface area contributed by atoms with Crippen LogP contribution in [0.5, 0.6) is 5.75 Å². The number of hydrogen-bond acceptors (Lipinski definition) is 5. The topological polar surface area (TPSA) is 159 Å². The predicted octanol–water partition coefficient (Wildman–Crippen LogP) is 5.42. The van der Waals surface area contributed by atoms with E-state index in [0.717, 1.165) is 5.56 Å². The molecule has 6 aromatic rings. The molecular formula is C36H30N4O7. The van der Waals surface area contributed by atoms with Crippen LogP contribution in [0.3, 0.4) is 0 Å². The second-order valence-corrected chi connectivity index (χ2v) is 11.1. The maximum atomic E-state index is 14.2. The lowest BCUT2D eigenvalue weighted by Crippen LogP contribution is -2.25. The number of aromatic nitrogens is 4. The van der Waals surface area contributed by atoms with Crippen LogP contribution in [0.4, 0.5) is 0 Å². The average molecular weight is 631 g/mol. The van der Waals surface area contributed by atoms with Crippen molar-refractivity contribution < 1.29 is 24.5 Å². The summed E-state index contributed by atoms with van der Waals surface area (Å²) < 4.78 is 8.50. The minimum absolute atomic E-state index is 0.0128. The summed E-state index contributed by atoms with van der Waals surface area (Å²) in [5.74, 6) is -2.53. The number of aryl methyl sites for hydroxylation is 2.